The van der Waals surface area contributed by atoms with Gasteiger partial charge in [-0.2, -0.15) is 0 Å². The largest absolute Gasteiger partial charge is 0.463 e. The van der Waals surface area contributed by atoms with Gasteiger partial charge in [-0.1, -0.05) is 35.5 Å². The summed E-state index contributed by atoms with van der Waals surface area (Å²) in [5.41, 5.74) is 0.142. The smallest absolute Gasteiger partial charge is 0.325 e. The molecule has 1 atom stereocenters. The van der Waals surface area contributed by atoms with Crippen LogP contribution in [0.3, 0.4) is 0 Å². The van der Waals surface area contributed by atoms with Gasteiger partial charge >= 0.3 is 6.03 Å². The molecule has 1 fully saturated rings. The van der Waals surface area contributed by atoms with Crippen molar-refractivity contribution in [2.45, 2.75) is 25.9 Å². The van der Waals surface area contributed by atoms with E-state index >= 15 is 0 Å². The van der Waals surface area contributed by atoms with E-state index in [1.807, 2.05) is 30.3 Å². The number of carbonyl (C=O) groups is 2. The number of carbonyl (C=O) groups excluding carboxylic acids is 2. The van der Waals surface area contributed by atoms with Crippen LogP contribution in [-0.2, 0) is 16.9 Å². The van der Waals surface area contributed by atoms with Crippen molar-refractivity contribution in [3.63, 3.8) is 0 Å². The van der Waals surface area contributed by atoms with Gasteiger partial charge in [0.2, 0.25) is 0 Å². The topological polar surface area (TPSA) is 88.6 Å². The van der Waals surface area contributed by atoms with Crippen LogP contribution in [-0.4, -0.2) is 22.0 Å². The van der Waals surface area contributed by atoms with E-state index in [1.165, 1.54) is 0 Å². The van der Waals surface area contributed by atoms with Crippen molar-refractivity contribution in [2.24, 2.45) is 0 Å². The highest BCUT2D eigenvalue weighted by Gasteiger charge is 2.51. The van der Waals surface area contributed by atoms with Crippen LogP contribution in [0.5, 0.6) is 0 Å². The highest BCUT2D eigenvalue weighted by Crippen LogP contribution is 2.31. The molecular formula is C19H17N3O4. The molecule has 7 heteroatoms. The molecule has 1 N–H and O–H groups in total. The SMILES string of the molecule is Cc1ccc([C@@]2(C)NC(=O)N(Cc3cc(-c4ccccc4)on3)C2=O)o1. The maximum atomic E-state index is 12.9. The van der Waals surface area contributed by atoms with Gasteiger partial charge in [-0.25, -0.2) is 4.79 Å². The summed E-state index contributed by atoms with van der Waals surface area (Å²) in [6, 6.07) is 14.2. The molecule has 2 aromatic heterocycles. The zero-order valence-corrected chi connectivity index (χ0v) is 14.4. The van der Waals surface area contributed by atoms with Gasteiger partial charge in [-0.3, -0.25) is 9.69 Å². The number of imide groups is 1. The number of aryl methyl sites for hydroxylation is 1. The molecule has 3 aromatic rings. The van der Waals surface area contributed by atoms with E-state index < -0.39 is 11.6 Å². The van der Waals surface area contributed by atoms with Crippen LogP contribution in [0, 0.1) is 6.92 Å². The molecule has 1 aliphatic heterocycles. The van der Waals surface area contributed by atoms with Gasteiger partial charge < -0.3 is 14.3 Å². The lowest BCUT2D eigenvalue weighted by atomic mass is 9.99. The number of amides is 3. The molecule has 4 rings (SSSR count). The monoisotopic (exact) mass is 351 g/mol. The second kappa shape index (κ2) is 5.87. The number of nitrogens with zero attached hydrogens (tertiary/aromatic N) is 2. The summed E-state index contributed by atoms with van der Waals surface area (Å²) in [4.78, 5) is 26.3. The molecule has 0 aliphatic carbocycles. The van der Waals surface area contributed by atoms with Crippen molar-refractivity contribution in [1.82, 2.24) is 15.4 Å². The first-order valence-electron chi connectivity index (χ1n) is 8.19. The molecular weight excluding hydrogens is 334 g/mol. The zero-order chi connectivity index (χ0) is 18.3. The summed E-state index contributed by atoms with van der Waals surface area (Å²) in [6.07, 6.45) is 0. The second-order valence-corrected chi connectivity index (χ2v) is 6.41. The highest BCUT2D eigenvalue weighted by atomic mass is 16.5. The summed E-state index contributed by atoms with van der Waals surface area (Å²) in [5, 5.41) is 6.68. The molecule has 0 radical (unpaired) electrons. The van der Waals surface area contributed by atoms with Crippen molar-refractivity contribution in [3.8, 4) is 11.3 Å². The average molecular weight is 351 g/mol. The Kier molecular flexibility index (Phi) is 3.64. The molecule has 7 nitrogen and oxygen atoms in total. The van der Waals surface area contributed by atoms with E-state index in [4.69, 9.17) is 8.94 Å². The Morgan fingerprint density at radius 2 is 1.92 bits per heavy atom. The number of nitrogens with one attached hydrogen (secondary N) is 1. The molecule has 3 amide bonds. The number of furan rings is 1. The zero-order valence-electron chi connectivity index (χ0n) is 14.4. The van der Waals surface area contributed by atoms with Crippen LogP contribution in [0.1, 0.15) is 24.1 Å². The molecule has 1 aliphatic rings. The lowest BCUT2D eigenvalue weighted by Crippen LogP contribution is -2.40. The fourth-order valence-electron chi connectivity index (χ4n) is 3.00. The summed E-state index contributed by atoms with van der Waals surface area (Å²) < 4.78 is 10.9. The number of rotatable bonds is 4. The Hall–Kier alpha value is -3.35. The Labute approximate surface area is 149 Å². The molecule has 26 heavy (non-hydrogen) atoms. The fraction of sp³-hybridized carbons (Fsp3) is 0.211. The van der Waals surface area contributed by atoms with E-state index in [1.54, 1.807) is 32.0 Å². The Balaban J connectivity index is 1.57. The van der Waals surface area contributed by atoms with Crippen molar-refractivity contribution in [1.29, 1.82) is 0 Å². The minimum atomic E-state index is -1.22. The van der Waals surface area contributed by atoms with Crippen LogP contribution >= 0.6 is 0 Å². The third-order valence-corrected chi connectivity index (χ3v) is 4.45. The second-order valence-electron chi connectivity index (χ2n) is 6.41. The fourth-order valence-corrected chi connectivity index (χ4v) is 3.00. The summed E-state index contributed by atoms with van der Waals surface area (Å²) in [6.45, 7) is 3.44. The lowest BCUT2D eigenvalue weighted by molar-refractivity contribution is -0.132. The summed E-state index contributed by atoms with van der Waals surface area (Å²) >= 11 is 0. The van der Waals surface area contributed by atoms with Gasteiger partial charge in [-0.15, -0.1) is 0 Å². The van der Waals surface area contributed by atoms with Crippen LogP contribution < -0.4 is 5.32 Å². The molecule has 1 saturated heterocycles. The summed E-state index contributed by atoms with van der Waals surface area (Å²) in [7, 11) is 0. The molecule has 3 heterocycles. The van der Waals surface area contributed by atoms with E-state index in [0.29, 0.717) is 23.0 Å². The highest BCUT2D eigenvalue weighted by molar-refractivity contribution is 6.06. The van der Waals surface area contributed by atoms with E-state index in [9.17, 15) is 9.59 Å². The van der Waals surface area contributed by atoms with Gasteiger partial charge in [0.15, 0.2) is 11.3 Å². The van der Waals surface area contributed by atoms with Crippen LogP contribution in [0.2, 0.25) is 0 Å². The molecule has 1 aromatic carbocycles. The first kappa shape index (κ1) is 16.1. The van der Waals surface area contributed by atoms with E-state index in [2.05, 4.69) is 10.5 Å². The normalized spacial score (nSPS) is 19.8. The minimum Gasteiger partial charge on any atom is -0.463 e. The Morgan fingerprint density at radius 3 is 2.62 bits per heavy atom. The third kappa shape index (κ3) is 2.57. The number of aromatic nitrogens is 1. The molecule has 132 valence electrons. The maximum Gasteiger partial charge on any atom is 0.325 e. The Morgan fingerprint density at radius 1 is 1.15 bits per heavy atom. The van der Waals surface area contributed by atoms with Gasteiger partial charge in [-0.05, 0) is 26.0 Å². The number of hydrogen-bond acceptors (Lipinski definition) is 5. The molecule has 0 spiro atoms. The lowest BCUT2D eigenvalue weighted by Gasteiger charge is -2.18. The average Bonchev–Trinajstić information content (AvgIpc) is 3.33. The number of urea groups is 1. The first-order chi connectivity index (χ1) is 12.5. The van der Waals surface area contributed by atoms with Crippen molar-refractivity contribution in [3.05, 3.63) is 65.7 Å². The van der Waals surface area contributed by atoms with E-state index in [-0.39, 0.29) is 12.5 Å². The van der Waals surface area contributed by atoms with Gasteiger partial charge in [0.1, 0.15) is 17.2 Å². The standard InChI is InChI=1S/C19H17N3O4/c1-12-8-9-16(25-12)19(2)17(23)22(18(24)20-19)11-14-10-15(26-21-14)13-6-4-3-5-7-13/h3-10H,11H2,1-2H3,(H,20,24)/t19-/m1/s1. The number of benzene rings is 1. The maximum absolute atomic E-state index is 12.9. The van der Waals surface area contributed by atoms with Gasteiger partial charge in [0.25, 0.3) is 5.91 Å². The third-order valence-electron chi connectivity index (χ3n) is 4.45. The van der Waals surface area contributed by atoms with Crippen LogP contribution in [0.4, 0.5) is 4.79 Å². The predicted octanol–water partition coefficient (Wildman–Crippen LogP) is 3.21. The van der Waals surface area contributed by atoms with Gasteiger partial charge in [0, 0.05) is 11.6 Å². The molecule has 0 bridgehead atoms. The quantitative estimate of drug-likeness (QED) is 0.729. The predicted molar refractivity (Wildman–Crippen MR) is 91.8 cm³/mol. The minimum absolute atomic E-state index is 0.0241. The molecule has 0 saturated carbocycles. The number of hydrogen-bond donors (Lipinski definition) is 1. The van der Waals surface area contributed by atoms with Crippen LogP contribution in [0.25, 0.3) is 11.3 Å². The van der Waals surface area contributed by atoms with Crippen molar-refractivity contribution >= 4 is 11.9 Å². The summed E-state index contributed by atoms with van der Waals surface area (Å²) in [5.74, 6) is 1.27. The van der Waals surface area contributed by atoms with Crippen molar-refractivity contribution < 1.29 is 18.5 Å². The first-order valence-corrected chi connectivity index (χ1v) is 8.19. The van der Waals surface area contributed by atoms with Crippen molar-refractivity contribution in [2.75, 3.05) is 0 Å². The van der Waals surface area contributed by atoms with E-state index in [0.717, 1.165) is 10.5 Å². The van der Waals surface area contributed by atoms with Gasteiger partial charge in [0.05, 0.1) is 6.54 Å². The Bertz CT molecular complexity index is 976. The molecule has 0 unspecified atom stereocenters. The van der Waals surface area contributed by atoms with Crippen LogP contribution in [0.15, 0.2) is 57.5 Å².